The first kappa shape index (κ1) is 16.7. The van der Waals surface area contributed by atoms with Gasteiger partial charge in [0.25, 0.3) is 5.91 Å². The average molecular weight is 346 g/mol. The number of hydrogen-bond acceptors (Lipinski definition) is 5. The lowest BCUT2D eigenvalue weighted by atomic mass is 10.2. The van der Waals surface area contributed by atoms with E-state index in [1.54, 1.807) is 42.4 Å². The van der Waals surface area contributed by atoms with Gasteiger partial charge in [0, 0.05) is 43.9 Å². The van der Waals surface area contributed by atoms with Gasteiger partial charge in [0.2, 0.25) is 0 Å². The third kappa shape index (κ3) is 3.66. The van der Waals surface area contributed by atoms with E-state index in [9.17, 15) is 4.79 Å². The number of carbonyl (C=O) groups excluding carboxylic acids is 1. The van der Waals surface area contributed by atoms with Crippen LogP contribution in [0, 0.1) is 0 Å². The van der Waals surface area contributed by atoms with Crippen molar-refractivity contribution in [2.45, 2.75) is 0 Å². The number of piperazine rings is 1. The lowest BCUT2D eigenvalue weighted by Gasteiger charge is -2.33. The van der Waals surface area contributed by atoms with Crippen molar-refractivity contribution in [1.29, 1.82) is 0 Å². The second-order valence-corrected chi connectivity index (χ2v) is 6.33. The van der Waals surface area contributed by atoms with Gasteiger partial charge in [-0.3, -0.25) is 9.78 Å². The number of amides is 1. The molecule has 1 amide bonds. The number of hydrogen-bond donors (Lipinski definition) is 0. The molecular formula is C17H20ClN5O. The van der Waals surface area contributed by atoms with Crippen molar-refractivity contribution in [3.8, 4) is 0 Å². The van der Waals surface area contributed by atoms with Crippen LogP contribution in [0.4, 0.5) is 11.5 Å². The van der Waals surface area contributed by atoms with E-state index in [-0.39, 0.29) is 5.91 Å². The van der Waals surface area contributed by atoms with Crippen molar-refractivity contribution >= 4 is 29.0 Å². The molecule has 6 nitrogen and oxygen atoms in total. The van der Waals surface area contributed by atoms with Crippen LogP contribution in [-0.4, -0.2) is 61.0 Å². The van der Waals surface area contributed by atoms with Gasteiger partial charge in [-0.1, -0.05) is 11.6 Å². The van der Waals surface area contributed by atoms with Gasteiger partial charge in [-0.05, 0) is 31.3 Å². The Kier molecular flexibility index (Phi) is 4.97. The van der Waals surface area contributed by atoms with Crippen molar-refractivity contribution in [2.75, 3.05) is 50.1 Å². The van der Waals surface area contributed by atoms with E-state index in [4.69, 9.17) is 11.6 Å². The molecule has 0 spiro atoms. The quantitative estimate of drug-likeness (QED) is 0.853. The molecule has 0 radical (unpaired) electrons. The largest absolute Gasteiger partial charge is 0.353 e. The highest BCUT2D eigenvalue weighted by atomic mass is 35.5. The molecule has 24 heavy (non-hydrogen) atoms. The lowest BCUT2D eigenvalue weighted by Crippen LogP contribution is -2.45. The molecular weight excluding hydrogens is 326 g/mol. The average Bonchev–Trinajstić information content (AvgIpc) is 2.62. The van der Waals surface area contributed by atoms with E-state index in [0.717, 1.165) is 37.7 Å². The topological polar surface area (TPSA) is 52.6 Å². The van der Waals surface area contributed by atoms with E-state index >= 15 is 0 Å². The standard InChI is InChI=1S/C17H20ClN5O/c1-21-7-9-23(10-8-21)16-12-19-11-15(20-16)17(24)22(2)14-5-3-13(18)4-6-14/h3-6,11-12H,7-10H2,1-2H3. The molecule has 0 saturated carbocycles. The Morgan fingerprint density at radius 1 is 1.12 bits per heavy atom. The molecule has 126 valence electrons. The SMILES string of the molecule is CN1CCN(c2cncc(C(=O)N(C)c3ccc(Cl)cc3)n2)CC1. The van der Waals surface area contributed by atoms with Gasteiger partial charge < -0.3 is 14.7 Å². The van der Waals surface area contributed by atoms with Gasteiger partial charge in [-0.15, -0.1) is 0 Å². The summed E-state index contributed by atoms with van der Waals surface area (Å²) in [5, 5.41) is 0.636. The molecule has 1 aromatic carbocycles. The molecule has 0 bridgehead atoms. The molecule has 0 unspecified atom stereocenters. The zero-order valence-corrected chi connectivity index (χ0v) is 14.6. The second kappa shape index (κ2) is 7.15. The highest BCUT2D eigenvalue weighted by molar-refractivity contribution is 6.30. The van der Waals surface area contributed by atoms with Crippen LogP contribution in [0.5, 0.6) is 0 Å². The summed E-state index contributed by atoms with van der Waals surface area (Å²) in [6.45, 7) is 3.72. The first-order valence-corrected chi connectivity index (χ1v) is 8.21. The molecule has 1 fully saturated rings. The molecule has 2 heterocycles. The van der Waals surface area contributed by atoms with Crippen LogP contribution in [0.15, 0.2) is 36.7 Å². The number of rotatable bonds is 3. The lowest BCUT2D eigenvalue weighted by molar-refractivity contribution is 0.0988. The summed E-state index contributed by atoms with van der Waals surface area (Å²) in [6, 6.07) is 7.12. The molecule has 1 aliphatic heterocycles. The van der Waals surface area contributed by atoms with Crippen LogP contribution in [-0.2, 0) is 0 Å². The Hall–Kier alpha value is -2.18. The van der Waals surface area contributed by atoms with Crippen LogP contribution >= 0.6 is 11.6 Å². The predicted molar refractivity (Wildman–Crippen MR) is 95.9 cm³/mol. The van der Waals surface area contributed by atoms with Crippen molar-refractivity contribution in [2.24, 2.45) is 0 Å². The summed E-state index contributed by atoms with van der Waals surface area (Å²) in [6.07, 6.45) is 3.22. The normalized spacial score (nSPS) is 15.4. The van der Waals surface area contributed by atoms with Crippen LogP contribution in [0.2, 0.25) is 5.02 Å². The van der Waals surface area contributed by atoms with E-state index in [1.807, 2.05) is 0 Å². The van der Waals surface area contributed by atoms with Gasteiger partial charge in [0.15, 0.2) is 0 Å². The third-order valence-corrected chi connectivity index (χ3v) is 4.44. The van der Waals surface area contributed by atoms with Crippen LogP contribution in [0.1, 0.15) is 10.5 Å². The maximum atomic E-state index is 12.7. The van der Waals surface area contributed by atoms with E-state index < -0.39 is 0 Å². The van der Waals surface area contributed by atoms with E-state index in [2.05, 4.69) is 26.8 Å². The Balaban J connectivity index is 1.77. The number of likely N-dealkylation sites (N-methyl/N-ethyl adjacent to an activating group) is 1. The van der Waals surface area contributed by atoms with Crippen LogP contribution in [0.3, 0.4) is 0 Å². The summed E-state index contributed by atoms with van der Waals surface area (Å²) in [4.78, 5) is 27.4. The number of nitrogens with zero attached hydrogens (tertiary/aromatic N) is 5. The minimum atomic E-state index is -0.194. The summed E-state index contributed by atoms with van der Waals surface area (Å²) in [5.41, 5.74) is 1.10. The summed E-state index contributed by atoms with van der Waals surface area (Å²) in [5.74, 6) is 0.555. The van der Waals surface area contributed by atoms with Gasteiger partial charge >= 0.3 is 0 Å². The minimum absolute atomic E-state index is 0.194. The number of benzene rings is 1. The number of halogens is 1. The molecule has 1 aliphatic rings. The molecule has 0 atom stereocenters. The van der Waals surface area contributed by atoms with Gasteiger partial charge in [-0.25, -0.2) is 4.98 Å². The van der Waals surface area contributed by atoms with E-state index in [0.29, 0.717) is 10.7 Å². The fourth-order valence-corrected chi connectivity index (χ4v) is 2.73. The van der Waals surface area contributed by atoms with Crippen LogP contribution < -0.4 is 9.80 Å². The first-order chi connectivity index (χ1) is 11.5. The Morgan fingerprint density at radius 3 is 2.46 bits per heavy atom. The summed E-state index contributed by atoms with van der Waals surface area (Å²) >= 11 is 5.90. The molecule has 0 N–H and O–H groups in total. The zero-order chi connectivity index (χ0) is 17.1. The summed E-state index contributed by atoms with van der Waals surface area (Å²) in [7, 11) is 3.82. The highest BCUT2D eigenvalue weighted by Crippen LogP contribution is 2.19. The Morgan fingerprint density at radius 2 is 1.79 bits per heavy atom. The Labute approximate surface area is 146 Å². The monoisotopic (exact) mass is 345 g/mol. The van der Waals surface area contributed by atoms with Crippen LogP contribution in [0.25, 0.3) is 0 Å². The smallest absolute Gasteiger partial charge is 0.278 e. The van der Waals surface area contributed by atoms with Gasteiger partial charge in [0.05, 0.1) is 12.4 Å². The van der Waals surface area contributed by atoms with Crippen molar-refractivity contribution in [3.05, 3.63) is 47.4 Å². The zero-order valence-electron chi connectivity index (χ0n) is 13.8. The molecule has 1 aromatic heterocycles. The minimum Gasteiger partial charge on any atom is -0.353 e. The molecule has 7 heteroatoms. The fourth-order valence-electron chi connectivity index (χ4n) is 2.60. The first-order valence-electron chi connectivity index (χ1n) is 7.84. The van der Waals surface area contributed by atoms with Gasteiger partial charge in [0.1, 0.15) is 11.5 Å². The fraction of sp³-hybridized carbons (Fsp3) is 0.353. The molecule has 1 saturated heterocycles. The Bertz CT molecular complexity index is 713. The van der Waals surface area contributed by atoms with E-state index in [1.165, 1.54) is 6.20 Å². The molecule has 3 rings (SSSR count). The number of anilines is 2. The number of carbonyl (C=O) groups is 1. The van der Waals surface area contributed by atoms with Gasteiger partial charge in [-0.2, -0.15) is 0 Å². The molecule has 0 aliphatic carbocycles. The molecule has 2 aromatic rings. The van der Waals surface area contributed by atoms with Crippen molar-refractivity contribution < 1.29 is 4.79 Å². The number of aromatic nitrogens is 2. The maximum Gasteiger partial charge on any atom is 0.278 e. The third-order valence-electron chi connectivity index (χ3n) is 4.19. The highest BCUT2D eigenvalue weighted by Gasteiger charge is 2.19. The van der Waals surface area contributed by atoms with Crippen molar-refractivity contribution in [1.82, 2.24) is 14.9 Å². The summed E-state index contributed by atoms with van der Waals surface area (Å²) < 4.78 is 0. The van der Waals surface area contributed by atoms with Crippen molar-refractivity contribution in [3.63, 3.8) is 0 Å². The predicted octanol–water partition coefficient (Wildman–Crippen LogP) is 2.16. The second-order valence-electron chi connectivity index (χ2n) is 5.89. The maximum absolute atomic E-state index is 12.7.